The van der Waals surface area contributed by atoms with Crippen LogP contribution in [0.3, 0.4) is 0 Å². The lowest BCUT2D eigenvalue weighted by Gasteiger charge is -2.38. The lowest BCUT2D eigenvalue weighted by Crippen LogP contribution is -2.50. The summed E-state index contributed by atoms with van der Waals surface area (Å²) in [6.45, 7) is 10.8. The fraction of sp³-hybridized carbons (Fsp3) is 1.00. The van der Waals surface area contributed by atoms with Crippen molar-refractivity contribution in [2.45, 2.75) is 52.1 Å². The van der Waals surface area contributed by atoms with Crippen LogP contribution in [-0.4, -0.2) is 48.3 Å². The first-order valence-corrected chi connectivity index (χ1v) is 6.76. The number of rotatable bonds is 6. The third-order valence-corrected chi connectivity index (χ3v) is 3.73. The minimum Gasteiger partial charge on any atom is -0.396 e. The van der Waals surface area contributed by atoms with Crippen LogP contribution in [-0.2, 0) is 0 Å². The van der Waals surface area contributed by atoms with E-state index in [2.05, 4.69) is 31.0 Å². The summed E-state index contributed by atoms with van der Waals surface area (Å²) in [7, 11) is 0. The molecular weight excluding hydrogens is 200 g/mol. The van der Waals surface area contributed by atoms with E-state index in [1.54, 1.807) is 0 Å². The Labute approximate surface area is 100 Å². The Balaban J connectivity index is 2.26. The van der Waals surface area contributed by atoms with Gasteiger partial charge in [-0.2, -0.15) is 0 Å². The normalized spacial score (nSPS) is 29.2. The number of aliphatic hydroxyl groups excluding tert-OH is 1. The molecule has 1 rings (SSSR count). The first kappa shape index (κ1) is 13.9. The first-order chi connectivity index (χ1) is 7.67. The second-order valence-electron chi connectivity index (χ2n) is 5.20. The Morgan fingerprint density at radius 3 is 2.81 bits per heavy atom. The van der Waals surface area contributed by atoms with Crippen LogP contribution in [0.15, 0.2) is 0 Å². The Kier molecular flexibility index (Phi) is 6.32. The highest BCUT2D eigenvalue weighted by Gasteiger charge is 2.25. The topological polar surface area (TPSA) is 35.5 Å². The molecule has 0 saturated carbocycles. The highest BCUT2D eigenvalue weighted by Crippen LogP contribution is 2.17. The lowest BCUT2D eigenvalue weighted by molar-refractivity contribution is 0.145. The third kappa shape index (κ3) is 4.40. The maximum atomic E-state index is 8.81. The molecule has 0 spiro atoms. The molecule has 0 amide bonds. The van der Waals surface area contributed by atoms with Crippen LogP contribution in [0.2, 0.25) is 0 Å². The molecule has 3 heteroatoms. The minimum atomic E-state index is 0.315. The predicted molar refractivity (Wildman–Crippen MR) is 68.6 cm³/mol. The second-order valence-corrected chi connectivity index (χ2v) is 5.20. The molecule has 3 nitrogen and oxygen atoms in total. The summed E-state index contributed by atoms with van der Waals surface area (Å²) in [6, 6.07) is 1.20. The van der Waals surface area contributed by atoms with Gasteiger partial charge in [-0.25, -0.2) is 0 Å². The summed E-state index contributed by atoms with van der Waals surface area (Å²) in [6.07, 6.45) is 3.26. The molecule has 96 valence electrons. The smallest absolute Gasteiger partial charge is 0.0431 e. The van der Waals surface area contributed by atoms with Crippen molar-refractivity contribution in [2.75, 3.05) is 26.2 Å². The van der Waals surface area contributed by atoms with E-state index < -0.39 is 0 Å². The van der Waals surface area contributed by atoms with Crippen LogP contribution in [0.4, 0.5) is 0 Å². The molecule has 1 heterocycles. The highest BCUT2D eigenvalue weighted by molar-refractivity contribution is 4.84. The average Bonchev–Trinajstić information content (AvgIpc) is 2.29. The van der Waals surface area contributed by atoms with Gasteiger partial charge in [0.05, 0.1) is 0 Å². The van der Waals surface area contributed by atoms with Crippen LogP contribution in [0.5, 0.6) is 0 Å². The van der Waals surface area contributed by atoms with E-state index in [9.17, 15) is 0 Å². The largest absolute Gasteiger partial charge is 0.396 e. The van der Waals surface area contributed by atoms with Gasteiger partial charge in [0.25, 0.3) is 0 Å². The van der Waals surface area contributed by atoms with Crippen molar-refractivity contribution in [3.8, 4) is 0 Å². The van der Waals surface area contributed by atoms with Gasteiger partial charge in [0.2, 0.25) is 0 Å². The number of nitrogens with zero attached hydrogens (tertiary/aromatic N) is 1. The highest BCUT2D eigenvalue weighted by atomic mass is 16.2. The number of hydrogen-bond donors (Lipinski definition) is 2. The summed E-state index contributed by atoms with van der Waals surface area (Å²) in [5.41, 5.74) is 0. The fourth-order valence-electron chi connectivity index (χ4n) is 2.61. The molecule has 0 bridgehead atoms. The summed E-state index contributed by atoms with van der Waals surface area (Å²) in [5.74, 6) is 0.741. The van der Waals surface area contributed by atoms with E-state index in [-0.39, 0.29) is 0 Å². The molecular formula is C13H28N2O. The molecule has 0 aromatic carbocycles. The van der Waals surface area contributed by atoms with E-state index in [0.717, 1.165) is 18.8 Å². The van der Waals surface area contributed by atoms with Gasteiger partial charge in [-0.05, 0) is 45.2 Å². The maximum Gasteiger partial charge on any atom is 0.0431 e. The molecule has 0 aromatic rings. The van der Waals surface area contributed by atoms with Crippen molar-refractivity contribution in [2.24, 2.45) is 5.92 Å². The summed E-state index contributed by atoms with van der Waals surface area (Å²) >= 11 is 0. The van der Waals surface area contributed by atoms with Gasteiger partial charge in [0.15, 0.2) is 0 Å². The molecule has 0 aliphatic carbocycles. The molecule has 0 aromatic heterocycles. The Bertz CT molecular complexity index is 187. The van der Waals surface area contributed by atoms with Crippen molar-refractivity contribution in [3.05, 3.63) is 0 Å². The molecule has 2 N–H and O–H groups in total. The number of likely N-dealkylation sites (tertiary alicyclic amines) is 1. The predicted octanol–water partition coefficient (Wildman–Crippen LogP) is 1.47. The number of nitrogens with one attached hydrogen (secondary N) is 1. The first-order valence-electron chi connectivity index (χ1n) is 6.76. The summed E-state index contributed by atoms with van der Waals surface area (Å²) < 4.78 is 0. The number of hydrogen-bond acceptors (Lipinski definition) is 3. The van der Waals surface area contributed by atoms with Crippen molar-refractivity contribution in [3.63, 3.8) is 0 Å². The monoisotopic (exact) mass is 228 g/mol. The van der Waals surface area contributed by atoms with Gasteiger partial charge in [-0.1, -0.05) is 13.8 Å². The standard InChI is InChI=1S/C13H28N2O/c1-4-15-8-7-13(11(2)10-15)14-12(3)6-5-9-16/h11-14,16H,4-10H2,1-3H3. The third-order valence-electron chi connectivity index (χ3n) is 3.73. The van der Waals surface area contributed by atoms with E-state index >= 15 is 0 Å². The zero-order valence-corrected chi connectivity index (χ0v) is 11.1. The van der Waals surface area contributed by atoms with E-state index in [1.807, 2.05) is 0 Å². The molecule has 1 saturated heterocycles. The van der Waals surface area contributed by atoms with Gasteiger partial charge < -0.3 is 15.3 Å². The number of piperidine rings is 1. The van der Waals surface area contributed by atoms with Crippen LogP contribution in [0.1, 0.15) is 40.0 Å². The summed E-state index contributed by atoms with van der Waals surface area (Å²) in [4.78, 5) is 2.53. The zero-order valence-electron chi connectivity index (χ0n) is 11.1. The zero-order chi connectivity index (χ0) is 12.0. The number of aliphatic hydroxyl groups is 1. The minimum absolute atomic E-state index is 0.315. The molecule has 1 aliphatic rings. The average molecular weight is 228 g/mol. The van der Waals surface area contributed by atoms with Crippen molar-refractivity contribution >= 4 is 0 Å². The molecule has 16 heavy (non-hydrogen) atoms. The lowest BCUT2D eigenvalue weighted by atomic mass is 9.93. The fourth-order valence-corrected chi connectivity index (χ4v) is 2.61. The van der Waals surface area contributed by atoms with E-state index in [1.165, 1.54) is 26.1 Å². The van der Waals surface area contributed by atoms with Crippen molar-refractivity contribution in [1.29, 1.82) is 0 Å². The molecule has 3 unspecified atom stereocenters. The second kappa shape index (κ2) is 7.25. The summed E-state index contributed by atoms with van der Waals surface area (Å²) in [5, 5.41) is 12.5. The molecule has 0 radical (unpaired) electrons. The van der Waals surface area contributed by atoms with Crippen LogP contribution >= 0.6 is 0 Å². The van der Waals surface area contributed by atoms with Gasteiger partial charge in [0, 0.05) is 25.2 Å². The SMILES string of the molecule is CCN1CCC(NC(C)CCCO)C(C)C1. The van der Waals surface area contributed by atoms with E-state index in [4.69, 9.17) is 5.11 Å². The van der Waals surface area contributed by atoms with Gasteiger partial charge >= 0.3 is 0 Å². The van der Waals surface area contributed by atoms with Gasteiger partial charge in [-0.15, -0.1) is 0 Å². The van der Waals surface area contributed by atoms with Crippen LogP contribution < -0.4 is 5.32 Å². The van der Waals surface area contributed by atoms with Gasteiger partial charge in [-0.3, -0.25) is 0 Å². The van der Waals surface area contributed by atoms with Gasteiger partial charge in [0.1, 0.15) is 0 Å². The van der Waals surface area contributed by atoms with Crippen molar-refractivity contribution < 1.29 is 5.11 Å². The molecule has 1 aliphatic heterocycles. The van der Waals surface area contributed by atoms with E-state index in [0.29, 0.717) is 18.7 Å². The Morgan fingerprint density at radius 1 is 1.50 bits per heavy atom. The van der Waals surface area contributed by atoms with Crippen LogP contribution in [0.25, 0.3) is 0 Å². The Hall–Kier alpha value is -0.120. The van der Waals surface area contributed by atoms with Crippen molar-refractivity contribution in [1.82, 2.24) is 10.2 Å². The Morgan fingerprint density at radius 2 is 2.25 bits per heavy atom. The quantitative estimate of drug-likeness (QED) is 0.722. The molecule has 3 atom stereocenters. The van der Waals surface area contributed by atoms with Crippen LogP contribution in [0, 0.1) is 5.92 Å². The maximum absolute atomic E-state index is 8.81. The molecule has 1 fully saturated rings.